The molecule has 1 aliphatic rings. The molecule has 0 atom stereocenters. The number of hydrogen-bond acceptors (Lipinski definition) is 1. The number of hydrogen-bond donors (Lipinski definition) is 0. The minimum absolute atomic E-state index is 0.407. The van der Waals surface area contributed by atoms with Gasteiger partial charge in [0, 0.05) is 19.5 Å². The van der Waals surface area contributed by atoms with Gasteiger partial charge in [-0.05, 0) is 31.6 Å². The molecule has 0 radical (unpaired) electrons. The standard InChI is InChI=1S/C20H39NO/c1-19(2)15-11-8-6-4-3-5-7-9-12-16-20(22)21-17-13-10-14-18-21/h19H,3-18H2,1-2H3. The summed E-state index contributed by atoms with van der Waals surface area (Å²) in [6, 6.07) is 0. The van der Waals surface area contributed by atoms with E-state index in [1.807, 2.05) is 0 Å². The number of nitrogens with zero attached hydrogens (tertiary/aromatic N) is 1. The number of unbranched alkanes of at least 4 members (excludes halogenated alkanes) is 8. The zero-order valence-electron chi connectivity index (χ0n) is 15.2. The first-order valence-electron chi connectivity index (χ1n) is 9.98. The van der Waals surface area contributed by atoms with Crippen molar-refractivity contribution in [2.75, 3.05) is 13.1 Å². The molecular formula is C20H39NO. The molecule has 0 unspecified atom stereocenters. The van der Waals surface area contributed by atoms with Crippen LogP contribution in [0.25, 0.3) is 0 Å². The van der Waals surface area contributed by atoms with Gasteiger partial charge in [-0.3, -0.25) is 4.79 Å². The Morgan fingerprint density at radius 1 is 0.773 bits per heavy atom. The van der Waals surface area contributed by atoms with Gasteiger partial charge in [-0.1, -0.05) is 71.6 Å². The quantitative estimate of drug-likeness (QED) is 0.408. The average Bonchev–Trinajstić information content (AvgIpc) is 2.53. The summed E-state index contributed by atoms with van der Waals surface area (Å²) in [4.78, 5) is 14.1. The van der Waals surface area contributed by atoms with E-state index in [-0.39, 0.29) is 0 Å². The van der Waals surface area contributed by atoms with Crippen molar-refractivity contribution < 1.29 is 4.79 Å². The summed E-state index contributed by atoms with van der Waals surface area (Å²) >= 11 is 0. The van der Waals surface area contributed by atoms with Crippen LogP contribution in [0.15, 0.2) is 0 Å². The van der Waals surface area contributed by atoms with E-state index in [0.29, 0.717) is 5.91 Å². The highest BCUT2D eigenvalue weighted by molar-refractivity contribution is 5.76. The summed E-state index contributed by atoms with van der Waals surface area (Å²) in [6.07, 6.45) is 18.0. The van der Waals surface area contributed by atoms with E-state index in [1.54, 1.807) is 0 Å². The molecule has 0 aromatic rings. The first-order valence-corrected chi connectivity index (χ1v) is 9.98. The first-order chi connectivity index (χ1) is 10.7. The van der Waals surface area contributed by atoms with Crippen LogP contribution in [-0.4, -0.2) is 23.9 Å². The first kappa shape index (κ1) is 19.5. The number of rotatable bonds is 12. The Hall–Kier alpha value is -0.530. The van der Waals surface area contributed by atoms with E-state index in [1.165, 1.54) is 77.0 Å². The second-order valence-electron chi connectivity index (χ2n) is 7.56. The molecule has 1 heterocycles. The predicted octanol–water partition coefficient (Wildman–Crippen LogP) is 5.95. The normalized spacial score (nSPS) is 15.5. The maximum atomic E-state index is 12.0. The Kier molecular flexibility index (Phi) is 11.5. The van der Waals surface area contributed by atoms with Gasteiger partial charge in [-0.2, -0.15) is 0 Å². The average molecular weight is 310 g/mol. The fourth-order valence-corrected chi connectivity index (χ4v) is 3.37. The summed E-state index contributed by atoms with van der Waals surface area (Å²) in [5.74, 6) is 1.28. The summed E-state index contributed by atoms with van der Waals surface area (Å²) in [7, 11) is 0. The molecule has 0 aromatic heterocycles. The van der Waals surface area contributed by atoms with Crippen molar-refractivity contribution in [2.45, 2.75) is 104 Å². The predicted molar refractivity (Wildman–Crippen MR) is 96.1 cm³/mol. The number of carbonyl (C=O) groups excluding carboxylic acids is 1. The fourth-order valence-electron chi connectivity index (χ4n) is 3.37. The Morgan fingerprint density at radius 2 is 1.27 bits per heavy atom. The van der Waals surface area contributed by atoms with Crippen molar-refractivity contribution in [3.63, 3.8) is 0 Å². The molecule has 0 saturated carbocycles. The van der Waals surface area contributed by atoms with E-state index in [4.69, 9.17) is 0 Å². The van der Waals surface area contributed by atoms with Crippen LogP contribution < -0.4 is 0 Å². The molecule has 2 nitrogen and oxygen atoms in total. The maximum Gasteiger partial charge on any atom is 0.222 e. The monoisotopic (exact) mass is 309 g/mol. The smallest absolute Gasteiger partial charge is 0.222 e. The lowest BCUT2D eigenvalue weighted by molar-refractivity contribution is -0.132. The molecular weight excluding hydrogens is 270 g/mol. The van der Waals surface area contributed by atoms with Crippen LogP contribution in [0.2, 0.25) is 0 Å². The molecule has 0 aliphatic carbocycles. The molecule has 1 saturated heterocycles. The molecule has 130 valence electrons. The van der Waals surface area contributed by atoms with E-state index < -0.39 is 0 Å². The molecule has 0 N–H and O–H groups in total. The second kappa shape index (κ2) is 13.0. The lowest BCUT2D eigenvalue weighted by Gasteiger charge is -2.26. The van der Waals surface area contributed by atoms with Gasteiger partial charge < -0.3 is 4.90 Å². The van der Waals surface area contributed by atoms with E-state index >= 15 is 0 Å². The van der Waals surface area contributed by atoms with Gasteiger partial charge in [0.25, 0.3) is 0 Å². The lowest BCUT2D eigenvalue weighted by atomic mass is 10.0. The Bertz CT molecular complexity index is 269. The Morgan fingerprint density at radius 3 is 1.82 bits per heavy atom. The van der Waals surface area contributed by atoms with Crippen LogP contribution in [0.5, 0.6) is 0 Å². The molecule has 0 spiro atoms. The summed E-state index contributed by atoms with van der Waals surface area (Å²) in [5.41, 5.74) is 0. The third kappa shape index (κ3) is 10.2. The number of carbonyl (C=O) groups is 1. The third-order valence-electron chi connectivity index (χ3n) is 4.88. The van der Waals surface area contributed by atoms with Crippen molar-refractivity contribution in [2.24, 2.45) is 5.92 Å². The molecule has 1 rings (SSSR count). The van der Waals surface area contributed by atoms with E-state index in [0.717, 1.165) is 31.8 Å². The summed E-state index contributed by atoms with van der Waals surface area (Å²) in [5, 5.41) is 0. The van der Waals surface area contributed by atoms with Gasteiger partial charge in [0.05, 0.1) is 0 Å². The van der Waals surface area contributed by atoms with Crippen molar-refractivity contribution >= 4 is 5.91 Å². The molecule has 0 aromatic carbocycles. The topological polar surface area (TPSA) is 20.3 Å². The highest BCUT2D eigenvalue weighted by Crippen LogP contribution is 2.15. The SMILES string of the molecule is CC(C)CCCCCCCCCCCC(=O)N1CCCCC1. The number of amides is 1. The van der Waals surface area contributed by atoms with Gasteiger partial charge in [-0.15, -0.1) is 0 Å². The minimum Gasteiger partial charge on any atom is -0.343 e. The largest absolute Gasteiger partial charge is 0.343 e. The van der Waals surface area contributed by atoms with E-state index in [2.05, 4.69) is 18.7 Å². The van der Waals surface area contributed by atoms with Crippen LogP contribution in [0.3, 0.4) is 0 Å². The Balaban J connectivity index is 1.80. The number of piperidine rings is 1. The van der Waals surface area contributed by atoms with Gasteiger partial charge >= 0.3 is 0 Å². The van der Waals surface area contributed by atoms with Crippen molar-refractivity contribution in [3.05, 3.63) is 0 Å². The van der Waals surface area contributed by atoms with Crippen LogP contribution in [0.1, 0.15) is 104 Å². The number of likely N-dealkylation sites (tertiary alicyclic amines) is 1. The molecule has 2 heteroatoms. The van der Waals surface area contributed by atoms with Gasteiger partial charge in [-0.25, -0.2) is 0 Å². The van der Waals surface area contributed by atoms with Crippen molar-refractivity contribution in [3.8, 4) is 0 Å². The van der Waals surface area contributed by atoms with Crippen LogP contribution in [0.4, 0.5) is 0 Å². The zero-order chi connectivity index (χ0) is 16.0. The second-order valence-corrected chi connectivity index (χ2v) is 7.56. The van der Waals surface area contributed by atoms with Crippen LogP contribution in [-0.2, 0) is 4.79 Å². The van der Waals surface area contributed by atoms with Crippen molar-refractivity contribution in [1.29, 1.82) is 0 Å². The Labute approximate surface area is 139 Å². The zero-order valence-corrected chi connectivity index (χ0v) is 15.2. The van der Waals surface area contributed by atoms with Gasteiger partial charge in [0.1, 0.15) is 0 Å². The molecule has 1 fully saturated rings. The summed E-state index contributed by atoms with van der Waals surface area (Å²) in [6.45, 7) is 6.65. The van der Waals surface area contributed by atoms with Crippen molar-refractivity contribution in [1.82, 2.24) is 4.90 Å². The van der Waals surface area contributed by atoms with Gasteiger partial charge in [0.2, 0.25) is 5.91 Å². The summed E-state index contributed by atoms with van der Waals surface area (Å²) < 4.78 is 0. The lowest BCUT2D eigenvalue weighted by Crippen LogP contribution is -2.35. The minimum atomic E-state index is 0.407. The molecule has 22 heavy (non-hydrogen) atoms. The fraction of sp³-hybridized carbons (Fsp3) is 0.950. The van der Waals surface area contributed by atoms with E-state index in [9.17, 15) is 4.79 Å². The maximum absolute atomic E-state index is 12.0. The van der Waals surface area contributed by atoms with Crippen LogP contribution in [0, 0.1) is 5.92 Å². The third-order valence-corrected chi connectivity index (χ3v) is 4.88. The molecule has 1 amide bonds. The van der Waals surface area contributed by atoms with Crippen LogP contribution >= 0.6 is 0 Å². The van der Waals surface area contributed by atoms with Gasteiger partial charge in [0.15, 0.2) is 0 Å². The molecule has 1 aliphatic heterocycles. The highest BCUT2D eigenvalue weighted by atomic mass is 16.2. The molecule has 0 bridgehead atoms. The highest BCUT2D eigenvalue weighted by Gasteiger charge is 2.15.